The standard InChI is InChI=1S/C20H22N4O/c1-15-14-19(16-6-3-2-4-7-16)24(23-15)18-10-8-17(9-11-18)20(25)22-13-5-12-21/h2-4,6-11,14H,5,12-13,21H2,1H3,(H,22,25). The van der Waals surface area contributed by atoms with Crippen LogP contribution in [0.5, 0.6) is 0 Å². The van der Waals surface area contributed by atoms with Crippen molar-refractivity contribution in [2.75, 3.05) is 13.1 Å². The molecule has 0 radical (unpaired) electrons. The maximum absolute atomic E-state index is 12.1. The lowest BCUT2D eigenvalue weighted by molar-refractivity contribution is 0.0953. The highest BCUT2D eigenvalue weighted by Crippen LogP contribution is 2.23. The Morgan fingerprint density at radius 3 is 2.52 bits per heavy atom. The van der Waals surface area contributed by atoms with E-state index in [2.05, 4.69) is 28.6 Å². The monoisotopic (exact) mass is 334 g/mol. The number of nitrogens with zero attached hydrogens (tertiary/aromatic N) is 2. The first kappa shape index (κ1) is 16.9. The topological polar surface area (TPSA) is 72.9 Å². The molecule has 0 bridgehead atoms. The normalized spacial score (nSPS) is 10.6. The fraction of sp³-hybridized carbons (Fsp3) is 0.200. The molecular weight excluding hydrogens is 312 g/mol. The number of carbonyl (C=O) groups excluding carboxylic acids is 1. The fourth-order valence-corrected chi connectivity index (χ4v) is 2.67. The van der Waals surface area contributed by atoms with E-state index in [1.165, 1.54) is 0 Å². The minimum Gasteiger partial charge on any atom is -0.352 e. The molecule has 0 fully saturated rings. The number of carbonyl (C=O) groups is 1. The Balaban J connectivity index is 1.85. The molecule has 0 saturated carbocycles. The summed E-state index contributed by atoms with van der Waals surface area (Å²) in [5.74, 6) is -0.0834. The average Bonchev–Trinajstić information content (AvgIpc) is 3.04. The molecule has 3 N–H and O–H groups in total. The predicted octanol–water partition coefficient (Wildman–Crippen LogP) is 2.93. The van der Waals surface area contributed by atoms with Crippen molar-refractivity contribution in [1.82, 2.24) is 15.1 Å². The molecule has 0 saturated heterocycles. The maximum atomic E-state index is 12.1. The molecule has 0 aliphatic heterocycles. The second kappa shape index (κ2) is 7.77. The summed E-state index contributed by atoms with van der Waals surface area (Å²) in [4.78, 5) is 12.1. The Hall–Kier alpha value is -2.92. The number of rotatable bonds is 6. The Bertz CT molecular complexity index is 838. The van der Waals surface area contributed by atoms with Crippen molar-refractivity contribution in [3.63, 3.8) is 0 Å². The number of hydrogen-bond donors (Lipinski definition) is 2. The van der Waals surface area contributed by atoms with Gasteiger partial charge in [-0.15, -0.1) is 0 Å². The van der Waals surface area contributed by atoms with Crippen LogP contribution in [0.4, 0.5) is 0 Å². The number of nitrogens with one attached hydrogen (secondary N) is 1. The molecule has 5 heteroatoms. The van der Waals surface area contributed by atoms with Crippen molar-refractivity contribution in [1.29, 1.82) is 0 Å². The molecule has 1 aromatic heterocycles. The summed E-state index contributed by atoms with van der Waals surface area (Å²) in [5.41, 5.74) is 10.1. The zero-order valence-electron chi connectivity index (χ0n) is 14.3. The number of aromatic nitrogens is 2. The summed E-state index contributed by atoms with van der Waals surface area (Å²) in [7, 11) is 0. The number of amides is 1. The Morgan fingerprint density at radius 1 is 1.12 bits per heavy atom. The minimum atomic E-state index is -0.0834. The summed E-state index contributed by atoms with van der Waals surface area (Å²) in [6.07, 6.45) is 0.775. The molecule has 3 rings (SSSR count). The third-order valence-electron chi connectivity index (χ3n) is 3.94. The second-order valence-electron chi connectivity index (χ2n) is 5.89. The summed E-state index contributed by atoms with van der Waals surface area (Å²) in [6, 6.07) is 19.7. The molecule has 25 heavy (non-hydrogen) atoms. The summed E-state index contributed by atoms with van der Waals surface area (Å²) in [5, 5.41) is 7.45. The van der Waals surface area contributed by atoms with Crippen molar-refractivity contribution >= 4 is 5.91 Å². The van der Waals surface area contributed by atoms with Crippen LogP contribution in [-0.2, 0) is 0 Å². The molecule has 0 aliphatic rings. The zero-order valence-corrected chi connectivity index (χ0v) is 14.3. The van der Waals surface area contributed by atoms with Gasteiger partial charge in [-0.05, 0) is 50.2 Å². The van der Waals surface area contributed by atoms with Crippen molar-refractivity contribution < 1.29 is 4.79 Å². The molecule has 1 heterocycles. The highest BCUT2D eigenvalue weighted by Gasteiger charge is 2.11. The molecule has 2 aromatic carbocycles. The van der Waals surface area contributed by atoms with Crippen LogP contribution in [0.25, 0.3) is 16.9 Å². The molecule has 128 valence electrons. The van der Waals surface area contributed by atoms with E-state index < -0.39 is 0 Å². The lowest BCUT2D eigenvalue weighted by atomic mass is 10.1. The van der Waals surface area contributed by atoms with Gasteiger partial charge in [-0.3, -0.25) is 4.79 Å². The molecule has 0 aliphatic carbocycles. The lowest BCUT2D eigenvalue weighted by Crippen LogP contribution is -2.25. The highest BCUT2D eigenvalue weighted by atomic mass is 16.1. The third kappa shape index (κ3) is 3.95. The van der Waals surface area contributed by atoms with Crippen LogP contribution in [0.15, 0.2) is 60.7 Å². The predicted molar refractivity (Wildman–Crippen MR) is 99.7 cm³/mol. The Kier molecular flexibility index (Phi) is 5.26. The van der Waals surface area contributed by atoms with Crippen molar-refractivity contribution in [3.8, 4) is 16.9 Å². The summed E-state index contributed by atoms with van der Waals surface area (Å²) in [6.45, 7) is 3.13. The van der Waals surface area contributed by atoms with Gasteiger partial charge in [0.25, 0.3) is 5.91 Å². The van der Waals surface area contributed by atoms with E-state index >= 15 is 0 Å². The maximum Gasteiger partial charge on any atom is 0.251 e. The van der Waals surface area contributed by atoms with Gasteiger partial charge in [0.05, 0.1) is 17.1 Å². The van der Waals surface area contributed by atoms with E-state index in [0.29, 0.717) is 18.7 Å². The van der Waals surface area contributed by atoms with Gasteiger partial charge in [0.15, 0.2) is 0 Å². The number of hydrogen-bond acceptors (Lipinski definition) is 3. The van der Waals surface area contributed by atoms with E-state index in [9.17, 15) is 4.79 Å². The number of aryl methyl sites for hydroxylation is 1. The quantitative estimate of drug-likeness (QED) is 0.681. The van der Waals surface area contributed by atoms with Crippen LogP contribution < -0.4 is 11.1 Å². The van der Waals surface area contributed by atoms with Gasteiger partial charge in [-0.1, -0.05) is 30.3 Å². The Labute approximate surface area is 147 Å². The van der Waals surface area contributed by atoms with Gasteiger partial charge >= 0.3 is 0 Å². The molecule has 0 atom stereocenters. The molecular formula is C20H22N4O. The zero-order chi connectivity index (χ0) is 17.6. The Morgan fingerprint density at radius 2 is 1.84 bits per heavy atom. The van der Waals surface area contributed by atoms with E-state index in [-0.39, 0.29) is 5.91 Å². The third-order valence-corrected chi connectivity index (χ3v) is 3.94. The second-order valence-corrected chi connectivity index (χ2v) is 5.89. The largest absolute Gasteiger partial charge is 0.352 e. The molecule has 3 aromatic rings. The van der Waals surface area contributed by atoms with Gasteiger partial charge in [-0.2, -0.15) is 5.10 Å². The van der Waals surface area contributed by atoms with Crippen LogP contribution in [0.3, 0.4) is 0 Å². The van der Waals surface area contributed by atoms with Crippen LogP contribution >= 0.6 is 0 Å². The molecule has 5 nitrogen and oxygen atoms in total. The van der Waals surface area contributed by atoms with Gasteiger partial charge in [0.1, 0.15) is 0 Å². The first-order valence-electron chi connectivity index (χ1n) is 8.40. The highest BCUT2D eigenvalue weighted by molar-refractivity contribution is 5.94. The van der Waals surface area contributed by atoms with Crippen molar-refractivity contribution in [3.05, 3.63) is 71.9 Å². The number of benzene rings is 2. The molecule has 0 unspecified atom stereocenters. The summed E-state index contributed by atoms with van der Waals surface area (Å²) < 4.78 is 1.90. The molecule has 1 amide bonds. The van der Waals surface area contributed by atoms with Crippen molar-refractivity contribution in [2.45, 2.75) is 13.3 Å². The summed E-state index contributed by atoms with van der Waals surface area (Å²) >= 11 is 0. The van der Waals surface area contributed by atoms with Gasteiger partial charge in [-0.25, -0.2) is 4.68 Å². The van der Waals surface area contributed by atoms with Gasteiger partial charge in [0.2, 0.25) is 0 Å². The first-order chi connectivity index (χ1) is 12.2. The van der Waals surface area contributed by atoms with Crippen LogP contribution in [-0.4, -0.2) is 28.8 Å². The van der Waals surface area contributed by atoms with Crippen LogP contribution in [0.2, 0.25) is 0 Å². The van der Waals surface area contributed by atoms with E-state index in [0.717, 1.165) is 29.1 Å². The average molecular weight is 334 g/mol. The van der Waals surface area contributed by atoms with E-state index in [1.807, 2.05) is 54.1 Å². The lowest BCUT2D eigenvalue weighted by Gasteiger charge is -2.09. The smallest absolute Gasteiger partial charge is 0.251 e. The minimum absolute atomic E-state index is 0.0834. The van der Waals surface area contributed by atoms with E-state index in [1.54, 1.807) is 0 Å². The fourth-order valence-electron chi connectivity index (χ4n) is 2.67. The van der Waals surface area contributed by atoms with Gasteiger partial charge < -0.3 is 11.1 Å². The van der Waals surface area contributed by atoms with Crippen LogP contribution in [0.1, 0.15) is 22.5 Å². The SMILES string of the molecule is Cc1cc(-c2ccccc2)n(-c2ccc(C(=O)NCCCN)cc2)n1. The van der Waals surface area contributed by atoms with Crippen molar-refractivity contribution in [2.24, 2.45) is 5.73 Å². The van der Waals surface area contributed by atoms with E-state index in [4.69, 9.17) is 5.73 Å². The van der Waals surface area contributed by atoms with Gasteiger partial charge in [0, 0.05) is 17.7 Å². The van der Waals surface area contributed by atoms with Crippen LogP contribution in [0, 0.1) is 6.92 Å². The molecule has 0 spiro atoms. The first-order valence-corrected chi connectivity index (χ1v) is 8.40. The number of nitrogens with two attached hydrogens (primary N) is 1.